The number of nitrogens with zero attached hydrogens (tertiary/aromatic N) is 1. The van der Waals surface area contributed by atoms with Gasteiger partial charge in [0.15, 0.2) is 0 Å². The molecule has 0 unspecified atom stereocenters. The molecule has 2 aromatic carbocycles. The molecule has 114 valence electrons. The monoisotopic (exact) mass is 295 g/mol. The van der Waals surface area contributed by atoms with Gasteiger partial charge in [0.25, 0.3) is 0 Å². The fraction of sp³-hybridized carbons (Fsp3) is 0.222. The number of rotatable bonds is 5. The summed E-state index contributed by atoms with van der Waals surface area (Å²) < 4.78 is 0. The van der Waals surface area contributed by atoms with Gasteiger partial charge in [-0.25, -0.2) is 0 Å². The Balaban J connectivity index is 2.18. The van der Waals surface area contributed by atoms with Gasteiger partial charge in [-0.05, 0) is 46.6 Å². The van der Waals surface area contributed by atoms with Gasteiger partial charge in [-0.1, -0.05) is 49.6 Å². The minimum absolute atomic E-state index is 0.553. The van der Waals surface area contributed by atoms with Crippen LogP contribution in [-0.4, -0.2) is 29.1 Å². The zero-order chi connectivity index (χ0) is 16.3. The van der Waals surface area contributed by atoms with Gasteiger partial charge >= 0.3 is 7.12 Å². The molecule has 0 amide bonds. The van der Waals surface area contributed by atoms with E-state index in [0.29, 0.717) is 12.0 Å². The van der Waals surface area contributed by atoms with Crippen LogP contribution >= 0.6 is 0 Å². The van der Waals surface area contributed by atoms with E-state index in [4.69, 9.17) is 0 Å². The lowest BCUT2D eigenvalue weighted by atomic mass is 9.77. The van der Waals surface area contributed by atoms with Crippen LogP contribution in [0.3, 0.4) is 0 Å². The lowest BCUT2D eigenvalue weighted by Gasteiger charge is -2.20. The summed E-state index contributed by atoms with van der Waals surface area (Å²) >= 11 is 0. The van der Waals surface area contributed by atoms with Gasteiger partial charge in [0.2, 0.25) is 0 Å². The summed E-state index contributed by atoms with van der Waals surface area (Å²) in [5.41, 5.74) is 3.87. The van der Waals surface area contributed by atoms with Gasteiger partial charge < -0.3 is 10.0 Å². The highest BCUT2D eigenvalue weighted by molar-refractivity contribution is 6.59. The molecule has 2 rings (SSSR count). The number of hydrogen-bond donors (Lipinski definition) is 2. The summed E-state index contributed by atoms with van der Waals surface area (Å²) in [6.07, 6.45) is 0. The average Bonchev–Trinajstić information content (AvgIpc) is 2.45. The van der Waals surface area contributed by atoms with Crippen molar-refractivity contribution in [2.75, 3.05) is 7.05 Å². The minimum Gasteiger partial charge on any atom is -0.423 e. The van der Waals surface area contributed by atoms with E-state index in [-0.39, 0.29) is 0 Å². The maximum absolute atomic E-state index is 9.44. The molecule has 3 nitrogen and oxygen atoms in total. The molecule has 0 spiro atoms. The molecule has 0 fully saturated rings. The van der Waals surface area contributed by atoms with Crippen molar-refractivity contribution in [1.29, 1.82) is 0 Å². The smallest absolute Gasteiger partial charge is 0.423 e. The Kier molecular flexibility index (Phi) is 5.19. The van der Waals surface area contributed by atoms with Crippen LogP contribution in [0.25, 0.3) is 13.2 Å². The first kappa shape index (κ1) is 16.5. The second-order valence-corrected chi connectivity index (χ2v) is 5.79. The molecule has 0 saturated carbocycles. The molecule has 0 bridgehead atoms. The topological polar surface area (TPSA) is 43.7 Å². The van der Waals surface area contributed by atoms with Crippen molar-refractivity contribution in [3.05, 3.63) is 63.5 Å². The highest BCUT2D eigenvalue weighted by atomic mass is 16.4. The van der Waals surface area contributed by atoms with E-state index in [9.17, 15) is 10.0 Å². The van der Waals surface area contributed by atoms with Crippen LogP contribution in [0.2, 0.25) is 0 Å². The summed E-state index contributed by atoms with van der Waals surface area (Å²) in [4.78, 5) is 2.14. The molecule has 0 radical (unpaired) electrons. The molecular weight excluding hydrogens is 273 g/mol. The maximum atomic E-state index is 9.44. The predicted octanol–water partition coefficient (Wildman–Crippen LogP) is 0.127. The van der Waals surface area contributed by atoms with Crippen molar-refractivity contribution in [2.24, 2.45) is 0 Å². The Morgan fingerprint density at radius 3 is 2.27 bits per heavy atom. The Hall–Kier alpha value is -1.88. The summed E-state index contributed by atoms with van der Waals surface area (Å²) in [5, 5.41) is 20.8. The van der Waals surface area contributed by atoms with Crippen molar-refractivity contribution in [3.63, 3.8) is 0 Å². The SMILES string of the molecule is C=c1cc(C)c(CN(C)Cc2ccccc2B(O)O)cc1=C. The molecule has 0 heterocycles. The summed E-state index contributed by atoms with van der Waals surface area (Å²) in [6, 6.07) is 11.5. The van der Waals surface area contributed by atoms with Crippen molar-refractivity contribution < 1.29 is 10.0 Å². The van der Waals surface area contributed by atoms with E-state index in [2.05, 4.69) is 37.1 Å². The summed E-state index contributed by atoms with van der Waals surface area (Å²) in [7, 11) is 0.573. The van der Waals surface area contributed by atoms with Gasteiger partial charge in [0.05, 0.1) is 0 Å². The van der Waals surface area contributed by atoms with Crippen molar-refractivity contribution in [3.8, 4) is 0 Å². The number of benzene rings is 2. The normalized spacial score (nSPS) is 11.0. The quantitative estimate of drug-likeness (QED) is 0.771. The fourth-order valence-corrected chi connectivity index (χ4v) is 2.60. The van der Waals surface area contributed by atoms with Crippen LogP contribution in [0.4, 0.5) is 0 Å². The van der Waals surface area contributed by atoms with E-state index in [1.807, 2.05) is 25.2 Å². The van der Waals surface area contributed by atoms with E-state index >= 15 is 0 Å². The Morgan fingerprint density at radius 1 is 1.00 bits per heavy atom. The molecule has 0 aliphatic heterocycles. The predicted molar refractivity (Wildman–Crippen MR) is 92.9 cm³/mol. The zero-order valence-electron chi connectivity index (χ0n) is 13.2. The first-order valence-corrected chi connectivity index (χ1v) is 7.28. The first-order chi connectivity index (χ1) is 10.4. The van der Waals surface area contributed by atoms with Crippen LogP contribution in [0.1, 0.15) is 16.7 Å². The highest BCUT2D eigenvalue weighted by Gasteiger charge is 2.16. The van der Waals surface area contributed by atoms with E-state index in [0.717, 1.165) is 22.5 Å². The number of aryl methyl sites for hydroxylation is 1. The average molecular weight is 295 g/mol. The number of hydrogen-bond acceptors (Lipinski definition) is 3. The van der Waals surface area contributed by atoms with Crippen LogP contribution in [0.15, 0.2) is 36.4 Å². The molecule has 4 heteroatoms. The molecule has 22 heavy (non-hydrogen) atoms. The van der Waals surface area contributed by atoms with Crippen LogP contribution in [0, 0.1) is 6.92 Å². The second-order valence-electron chi connectivity index (χ2n) is 5.79. The third-order valence-electron chi connectivity index (χ3n) is 3.87. The Bertz CT molecular complexity index is 758. The molecule has 2 aromatic rings. The summed E-state index contributed by atoms with van der Waals surface area (Å²) in [6.45, 7) is 11.5. The van der Waals surface area contributed by atoms with E-state index in [1.54, 1.807) is 6.07 Å². The maximum Gasteiger partial charge on any atom is 0.488 e. The molecule has 0 atom stereocenters. The minimum atomic E-state index is -1.44. The van der Waals surface area contributed by atoms with Crippen molar-refractivity contribution in [1.82, 2.24) is 4.90 Å². The fourth-order valence-electron chi connectivity index (χ4n) is 2.60. The molecular formula is C18H22BNO2. The Labute approximate surface area is 132 Å². The van der Waals surface area contributed by atoms with Gasteiger partial charge in [0, 0.05) is 13.1 Å². The first-order valence-electron chi connectivity index (χ1n) is 7.28. The third-order valence-corrected chi connectivity index (χ3v) is 3.87. The highest BCUT2D eigenvalue weighted by Crippen LogP contribution is 2.09. The van der Waals surface area contributed by atoms with Crippen molar-refractivity contribution >= 4 is 25.7 Å². The molecule has 0 aromatic heterocycles. The lowest BCUT2D eigenvalue weighted by molar-refractivity contribution is 0.318. The third kappa shape index (κ3) is 3.86. The molecule has 0 aliphatic rings. The lowest BCUT2D eigenvalue weighted by Crippen LogP contribution is -2.35. The standard InChI is InChI=1S/C18H22BNO2/c1-13-9-15(3)17(10-14(13)2)12-20(4)11-16-7-5-6-8-18(16)19(21)22/h5-10,21-22H,1-2,11-12H2,3-4H3. The molecule has 0 saturated heterocycles. The molecule has 2 N–H and O–H groups in total. The van der Waals surface area contributed by atoms with Crippen molar-refractivity contribution in [2.45, 2.75) is 20.0 Å². The second kappa shape index (κ2) is 6.92. The summed E-state index contributed by atoms with van der Waals surface area (Å²) in [5.74, 6) is 0. The largest absolute Gasteiger partial charge is 0.488 e. The molecule has 0 aliphatic carbocycles. The van der Waals surface area contributed by atoms with Gasteiger partial charge in [0.1, 0.15) is 0 Å². The van der Waals surface area contributed by atoms with Gasteiger partial charge in [-0.2, -0.15) is 0 Å². The van der Waals surface area contributed by atoms with Gasteiger partial charge in [-0.15, -0.1) is 0 Å². The zero-order valence-corrected chi connectivity index (χ0v) is 13.2. The van der Waals surface area contributed by atoms with E-state index in [1.165, 1.54) is 11.1 Å². The van der Waals surface area contributed by atoms with Crippen LogP contribution in [-0.2, 0) is 13.1 Å². The Morgan fingerprint density at radius 2 is 1.59 bits per heavy atom. The van der Waals surface area contributed by atoms with Crippen LogP contribution < -0.4 is 15.9 Å². The van der Waals surface area contributed by atoms with Crippen LogP contribution in [0.5, 0.6) is 0 Å². The van der Waals surface area contributed by atoms with Gasteiger partial charge in [-0.3, -0.25) is 4.90 Å². The van der Waals surface area contributed by atoms with E-state index < -0.39 is 7.12 Å².